The highest BCUT2D eigenvalue weighted by Gasteiger charge is 2.15. The Morgan fingerprint density at radius 2 is 2.18 bits per heavy atom. The summed E-state index contributed by atoms with van der Waals surface area (Å²) in [6.45, 7) is 5.41. The van der Waals surface area contributed by atoms with E-state index in [0.29, 0.717) is 0 Å². The van der Waals surface area contributed by atoms with E-state index in [-0.39, 0.29) is 0 Å². The molecular formula is C11H14N4OS. The first-order valence-corrected chi connectivity index (χ1v) is 6.50. The molecule has 0 atom stereocenters. The molecule has 1 aliphatic heterocycles. The summed E-state index contributed by atoms with van der Waals surface area (Å²) in [5, 5.41) is 3.13. The van der Waals surface area contributed by atoms with Crippen molar-refractivity contribution in [2.24, 2.45) is 0 Å². The Kier molecular flexibility index (Phi) is 2.82. The van der Waals surface area contributed by atoms with Gasteiger partial charge in [-0.2, -0.15) is 0 Å². The van der Waals surface area contributed by atoms with E-state index in [4.69, 9.17) is 4.74 Å². The second-order valence-corrected chi connectivity index (χ2v) is 4.85. The minimum atomic E-state index is 0.791. The normalized spacial score (nSPS) is 16.4. The average molecular weight is 250 g/mol. The number of rotatable bonds is 2. The lowest BCUT2D eigenvalue weighted by Gasteiger charge is -2.25. The monoisotopic (exact) mass is 250 g/mol. The van der Waals surface area contributed by atoms with Crippen LogP contribution in [0.5, 0.6) is 0 Å². The van der Waals surface area contributed by atoms with Crippen molar-refractivity contribution in [2.75, 3.05) is 31.2 Å². The molecule has 0 bridgehead atoms. The highest BCUT2D eigenvalue weighted by Crippen LogP contribution is 2.23. The number of hydrogen-bond acceptors (Lipinski definition) is 5. The molecule has 2 aromatic rings. The summed E-state index contributed by atoms with van der Waals surface area (Å²) in [7, 11) is 0. The molecule has 0 aromatic carbocycles. The molecule has 3 rings (SSSR count). The summed E-state index contributed by atoms with van der Waals surface area (Å²) in [6, 6.07) is 0. The third-order valence-corrected chi connectivity index (χ3v) is 3.63. The van der Waals surface area contributed by atoms with E-state index in [0.717, 1.165) is 42.9 Å². The molecule has 0 unspecified atom stereocenters. The predicted octanol–water partition coefficient (Wildman–Crippen LogP) is 1.47. The number of ether oxygens (including phenoxy) is 1. The molecule has 5 nitrogen and oxygen atoms in total. The topological polar surface area (TPSA) is 43.2 Å². The zero-order valence-electron chi connectivity index (χ0n) is 9.67. The lowest BCUT2D eigenvalue weighted by molar-refractivity contribution is 0.122. The first kappa shape index (κ1) is 10.7. The molecule has 1 fully saturated rings. The van der Waals surface area contributed by atoms with Crippen LogP contribution in [-0.2, 0) is 4.74 Å². The molecule has 6 heteroatoms. The van der Waals surface area contributed by atoms with Gasteiger partial charge in [0.25, 0.3) is 0 Å². The SMILES string of the molecule is Cc1cn(-c2csc(N3CCOCC3)n2)cn1. The number of hydrogen-bond donors (Lipinski definition) is 0. The summed E-state index contributed by atoms with van der Waals surface area (Å²) in [4.78, 5) is 11.1. The fourth-order valence-electron chi connectivity index (χ4n) is 1.82. The third-order valence-electron chi connectivity index (χ3n) is 2.74. The van der Waals surface area contributed by atoms with E-state index < -0.39 is 0 Å². The zero-order chi connectivity index (χ0) is 11.7. The highest BCUT2D eigenvalue weighted by atomic mass is 32.1. The fourth-order valence-corrected chi connectivity index (χ4v) is 2.68. The van der Waals surface area contributed by atoms with Gasteiger partial charge in [-0.3, -0.25) is 4.57 Å². The standard InChI is InChI=1S/C11H14N4OS/c1-9-6-15(8-12-9)10-7-17-11(13-10)14-2-4-16-5-3-14/h6-8H,2-5H2,1H3. The zero-order valence-corrected chi connectivity index (χ0v) is 10.5. The largest absolute Gasteiger partial charge is 0.378 e. The van der Waals surface area contributed by atoms with Crippen molar-refractivity contribution in [1.29, 1.82) is 0 Å². The van der Waals surface area contributed by atoms with Crippen molar-refractivity contribution in [1.82, 2.24) is 14.5 Å². The van der Waals surface area contributed by atoms with Gasteiger partial charge in [-0.15, -0.1) is 11.3 Å². The van der Waals surface area contributed by atoms with Crippen molar-refractivity contribution in [3.8, 4) is 5.82 Å². The van der Waals surface area contributed by atoms with Crippen LogP contribution in [0.3, 0.4) is 0 Å². The smallest absolute Gasteiger partial charge is 0.187 e. The van der Waals surface area contributed by atoms with Crippen molar-refractivity contribution < 1.29 is 4.74 Å². The maximum atomic E-state index is 5.34. The van der Waals surface area contributed by atoms with Gasteiger partial charge in [-0.1, -0.05) is 0 Å². The average Bonchev–Trinajstić information content (AvgIpc) is 2.98. The molecule has 3 heterocycles. The summed E-state index contributed by atoms with van der Waals surface area (Å²) >= 11 is 1.67. The van der Waals surface area contributed by atoms with Gasteiger partial charge in [-0.05, 0) is 6.92 Å². The molecule has 0 spiro atoms. The summed E-state index contributed by atoms with van der Waals surface area (Å²) in [5.74, 6) is 0.942. The van der Waals surface area contributed by atoms with Crippen molar-refractivity contribution in [3.05, 3.63) is 23.6 Å². The number of morpholine rings is 1. The minimum absolute atomic E-state index is 0.791. The number of anilines is 1. The lowest BCUT2D eigenvalue weighted by Crippen LogP contribution is -2.36. The Morgan fingerprint density at radius 3 is 2.88 bits per heavy atom. The van der Waals surface area contributed by atoms with Crippen LogP contribution in [0.1, 0.15) is 5.69 Å². The first-order valence-electron chi connectivity index (χ1n) is 5.62. The Labute approximate surface area is 104 Å². The van der Waals surface area contributed by atoms with E-state index in [1.807, 2.05) is 17.7 Å². The second-order valence-electron chi connectivity index (χ2n) is 4.01. The maximum Gasteiger partial charge on any atom is 0.187 e. The van der Waals surface area contributed by atoms with E-state index in [2.05, 4.69) is 20.2 Å². The molecule has 1 aliphatic rings. The Balaban J connectivity index is 1.82. The van der Waals surface area contributed by atoms with Crippen LogP contribution in [0.15, 0.2) is 17.9 Å². The van der Waals surface area contributed by atoms with E-state index >= 15 is 0 Å². The van der Waals surface area contributed by atoms with Crippen LogP contribution in [0.25, 0.3) is 5.82 Å². The summed E-state index contributed by atoms with van der Waals surface area (Å²) in [5.41, 5.74) is 1.01. The highest BCUT2D eigenvalue weighted by molar-refractivity contribution is 7.14. The van der Waals surface area contributed by atoms with Gasteiger partial charge in [0.05, 0.1) is 18.9 Å². The number of nitrogens with zero attached hydrogens (tertiary/aromatic N) is 4. The summed E-state index contributed by atoms with van der Waals surface area (Å²) < 4.78 is 7.29. The Hall–Kier alpha value is -1.40. The number of thiazole rings is 1. The molecule has 0 aliphatic carbocycles. The second kappa shape index (κ2) is 4.46. The van der Waals surface area contributed by atoms with Crippen molar-refractivity contribution >= 4 is 16.5 Å². The molecule has 90 valence electrons. The van der Waals surface area contributed by atoms with Crippen molar-refractivity contribution in [2.45, 2.75) is 6.92 Å². The molecule has 1 saturated heterocycles. The lowest BCUT2D eigenvalue weighted by atomic mass is 10.5. The third kappa shape index (κ3) is 2.18. The van der Waals surface area contributed by atoms with Gasteiger partial charge >= 0.3 is 0 Å². The van der Waals surface area contributed by atoms with Gasteiger partial charge in [0.1, 0.15) is 6.33 Å². The Bertz CT molecular complexity index is 501. The van der Waals surface area contributed by atoms with Crippen LogP contribution in [0.4, 0.5) is 5.13 Å². The molecule has 17 heavy (non-hydrogen) atoms. The van der Waals surface area contributed by atoms with Gasteiger partial charge in [0.2, 0.25) is 0 Å². The van der Waals surface area contributed by atoms with Gasteiger partial charge in [-0.25, -0.2) is 9.97 Å². The van der Waals surface area contributed by atoms with Crippen LogP contribution in [0.2, 0.25) is 0 Å². The van der Waals surface area contributed by atoms with Crippen LogP contribution in [-0.4, -0.2) is 40.8 Å². The van der Waals surface area contributed by atoms with Crippen LogP contribution in [0, 0.1) is 6.92 Å². The number of aromatic nitrogens is 3. The maximum absolute atomic E-state index is 5.34. The first-order chi connectivity index (χ1) is 8.33. The van der Waals surface area contributed by atoms with E-state index in [1.54, 1.807) is 17.7 Å². The minimum Gasteiger partial charge on any atom is -0.378 e. The van der Waals surface area contributed by atoms with Gasteiger partial charge < -0.3 is 9.64 Å². The van der Waals surface area contributed by atoms with E-state index in [1.165, 1.54) is 0 Å². The number of aryl methyl sites for hydroxylation is 1. The number of imidazole rings is 1. The van der Waals surface area contributed by atoms with Gasteiger partial charge in [0.15, 0.2) is 10.9 Å². The Morgan fingerprint density at radius 1 is 1.35 bits per heavy atom. The quantitative estimate of drug-likeness (QED) is 0.809. The fraction of sp³-hybridized carbons (Fsp3) is 0.455. The van der Waals surface area contributed by atoms with Gasteiger partial charge in [0, 0.05) is 24.7 Å². The molecular weight excluding hydrogens is 236 g/mol. The predicted molar refractivity (Wildman–Crippen MR) is 67.0 cm³/mol. The molecule has 0 amide bonds. The molecule has 0 saturated carbocycles. The van der Waals surface area contributed by atoms with Crippen LogP contribution >= 0.6 is 11.3 Å². The summed E-state index contributed by atoms with van der Waals surface area (Å²) in [6.07, 6.45) is 3.78. The van der Waals surface area contributed by atoms with Crippen molar-refractivity contribution in [3.63, 3.8) is 0 Å². The molecule has 0 radical (unpaired) electrons. The van der Waals surface area contributed by atoms with Crippen LogP contribution < -0.4 is 4.90 Å². The molecule has 0 N–H and O–H groups in total. The molecule has 2 aromatic heterocycles. The van der Waals surface area contributed by atoms with E-state index in [9.17, 15) is 0 Å².